The van der Waals surface area contributed by atoms with Crippen LogP contribution in [0.5, 0.6) is 0 Å². The predicted octanol–water partition coefficient (Wildman–Crippen LogP) is 4.54. The Balaban J connectivity index is 1.38. The van der Waals surface area contributed by atoms with E-state index in [0.717, 1.165) is 57.6 Å². The van der Waals surface area contributed by atoms with Crippen LogP contribution in [-0.2, 0) is 19.5 Å². The highest BCUT2D eigenvalue weighted by Crippen LogP contribution is 2.39. The Hall–Kier alpha value is -3.12. The number of carbonyl (C=O) groups is 1. The van der Waals surface area contributed by atoms with E-state index in [9.17, 15) is 13.2 Å². The van der Waals surface area contributed by atoms with Crippen molar-refractivity contribution < 1.29 is 22.7 Å². The molecule has 11 heteroatoms. The van der Waals surface area contributed by atoms with Gasteiger partial charge >= 0.3 is 5.97 Å². The van der Waals surface area contributed by atoms with E-state index in [1.54, 1.807) is 41.9 Å². The zero-order valence-electron chi connectivity index (χ0n) is 21.7. The fraction of sp³-hybridized carbons (Fsp3) is 0.393. The van der Waals surface area contributed by atoms with Crippen molar-refractivity contribution in [2.45, 2.75) is 42.5 Å². The first kappa shape index (κ1) is 26.1. The second-order valence-corrected chi connectivity index (χ2v) is 12.7. The largest absolute Gasteiger partial charge is 0.464 e. The van der Waals surface area contributed by atoms with Crippen molar-refractivity contribution in [2.24, 2.45) is 0 Å². The van der Waals surface area contributed by atoms with Crippen LogP contribution in [0.2, 0.25) is 0 Å². The number of hydrogen-bond donors (Lipinski definition) is 0. The van der Waals surface area contributed by atoms with Gasteiger partial charge in [0.1, 0.15) is 0 Å². The van der Waals surface area contributed by atoms with E-state index in [2.05, 4.69) is 16.0 Å². The first-order valence-electron chi connectivity index (χ1n) is 13.1. The maximum atomic E-state index is 13.6. The quantitative estimate of drug-likeness (QED) is 0.314. The van der Waals surface area contributed by atoms with E-state index in [0.29, 0.717) is 34.3 Å². The van der Waals surface area contributed by atoms with Gasteiger partial charge in [-0.2, -0.15) is 0 Å². The minimum Gasteiger partial charge on any atom is -0.464 e. The summed E-state index contributed by atoms with van der Waals surface area (Å²) < 4.78 is 38.9. The second-order valence-electron chi connectivity index (χ2n) is 9.98. The number of ether oxygens (including phenoxy) is 2. The molecule has 39 heavy (non-hydrogen) atoms. The molecule has 0 spiro atoms. The van der Waals surface area contributed by atoms with Gasteiger partial charge in [0.2, 0.25) is 5.01 Å². The number of morpholine rings is 1. The molecule has 4 heterocycles. The van der Waals surface area contributed by atoms with Crippen molar-refractivity contribution in [3.05, 3.63) is 64.7 Å². The smallest absolute Gasteiger partial charge is 0.367 e. The SMILES string of the molecule is COC(=O)c1nc(-c2cn(S(=O)(=O)c3ccccc3)c3ncc([C@H]4CC[C@H](N5CCOCC5)CC4)cc23)cs1. The minimum absolute atomic E-state index is 0.175. The number of rotatable bonds is 6. The molecule has 2 fully saturated rings. The van der Waals surface area contributed by atoms with Gasteiger partial charge in [-0.1, -0.05) is 18.2 Å². The monoisotopic (exact) mass is 566 g/mol. The third kappa shape index (κ3) is 5.00. The summed E-state index contributed by atoms with van der Waals surface area (Å²) >= 11 is 1.17. The summed E-state index contributed by atoms with van der Waals surface area (Å²) in [4.78, 5) is 24.0. The Morgan fingerprint density at radius 2 is 1.85 bits per heavy atom. The van der Waals surface area contributed by atoms with Gasteiger partial charge in [-0.15, -0.1) is 11.3 Å². The van der Waals surface area contributed by atoms with Crippen LogP contribution in [0.25, 0.3) is 22.3 Å². The zero-order chi connectivity index (χ0) is 27.0. The number of methoxy groups -OCH3 is 1. The number of pyridine rings is 1. The van der Waals surface area contributed by atoms with Crippen molar-refractivity contribution in [1.82, 2.24) is 18.8 Å². The highest BCUT2D eigenvalue weighted by Gasteiger charge is 2.29. The second kappa shape index (κ2) is 10.8. The molecule has 6 rings (SSSR count). The Morgan fingerprint density at radius 1 is 1.10 bits per heavy atom. The summed E-state index contributed by atoms with van der Waals surface area (Å²) in [6, 6.07) is 11.0. The number of nitrogens with zero attached hydrogens (tertiary/aromatic N) is 4. The van der Waals surface area contributed by atoms with Gasteiger partial charge in [0.25, 0.3) is 10.0 Å². The van der Waals surface area contributed by atoms with Crippen molar-refractivity contribution >= 4 is 38.4 Å². The van der Waals surface area contributed by atoms with Crippen LogP contribution in [-0.4, -0.2) is 72.7 Å². The van der Waals surface area contributed by atoms with Crippen LogP contribution in [0.15, 0.2) is 59.1 Å². The lowest BCUT2D eigenvalue weighted by Crippen LogP contribution is -2.44. The van der Waals surface area contributed by atoms with Crippen LogP contribution in [0.1, 0.15) is 47.0 Å². The van der Waals surface area contributed by atoms with Crippen LogP contribution in [0.4, 0.5) is 0 Å². The van der Waals surface area contributed by atoms with Gasteiger partial charge in [0, 0.05) is 47.9 Å². The van der Waals surface area contributed by atoms with Crippen molar-refractivity contribution in [3.63, 3.8) is 0 Å². The van der Waals surface area contributed by atoms with Gasteiger partial charge in [-0.25, -0.2) is 27.2 Å². The first-order valence-corrected chi connectivity index (χ1v) is 15.5. The number of esters is 1. The first-order chi connectivity index (χ1) is 19.0. The van der Waals surface area contributed by atoms with E-state index >= 15 is 0 Å². The molecule has 1 aliphatic carbocycles. The Kier molecular flexibility index (Phi) is 7.23. The van der Waals surface area contributed by atoms with Gasteiger partial charge in [0.15, 0.2) is 5.65 Å². The van der Waals surface area contributed by atoms with E-state index in [-0.39, 0.29) is 9.90 Å². The number of aromatic nitrogens is 3. The highest BCUT2D eigenvalue weighted by atomic mass is 32.2. The van der Waals surface area contributed by atoms with Crippen molar-refractivity contribution in [3.8, 4) is 11.3 Å². The predicted molar refractivity (Wildman–Crippen MR) is 149 cm³/mol. The van der Waals surface area contributed by atoms with Gasteiger partial charge in [0.05, 0.1) is 30.9 Å². The maximum Gasteiger partial charge on any atom is 0.367 e. The average Bonchev–Trinajstić information content (AvgIpc) is 3.63. The molecule has 0 bridgehead atoms. The lowest BCUT2D eigenvalue weighted by molar-refractivity contribution is 0.00729. The molecular formula is C28H30N4O5S2. The molecule has 9 nitrogen and oxygen atoms in total. The van der Waals surface area contributed by atoms with E-state index < -0.39 is 16.0 Å². The molecule has 0 N–H and O–H groups in total. The third-order valence-corrected chi connectivity index (χ3v) is 10.3. The summed E-state index contributed by atoms with van der Waals surface area (Å²) in [5.74, 6) is -0.176. The zero-order valence-corrected chi connectivity index (χ0v) is 23.3. The fourth-order valence-corrected chi connectivity index (χ4v) is 7.79. The number of hydrogen-bond acceptors (Lipinski definition) is 9. The van der Waals surface area contributed by atoms with Crippen LogP contribution >= 0.6 is 11.3 Å². The number of carbonyl (C=O) groups excluding carboxylic acids is 1. The van der Waals surface area contributed by atoms with E-state index in [1.165, 1.54) is 22.4 Å². The normalized spacial score (nSPS) is 20.7. The summed E-state index contributed by atoms with van der Waals surface area (Å²) in [7, 11) is -2.59. The molecule has 0 unspecified atom stereocenters. The van der Waals surface area contributed by atoms with Crippen LogP contribution < -0.4 is 0 Å². The molecule has 2 aliphatic rings. The molecule has 204 valence electrons. The lowest BCUT2D eigenvalue weighted by atomic mass is 9.81. The molecule has 3 aromatic heterocycles. The summed E-state index contributed by atoms with van der Waals surface area (Å²) in [5, 5.41) is 2.66. The minimum atomic E-state index is -3.90. The standard InChI is InChI=1S/C28H30N4O5S2/c1-36-28(33)27-30-25(18-38-27)24-17-32(39(34,35)22-5-3-2-4-6-22)26-23(24)15-20(16-29-26)19-7-9-21(10-8-19)31-11-13-37-14-12-31/h2-6,15-19,21H,7-14H2,1H3/t19-,21-. The van der Waals surface area contributed by atoms with Crippen molar-refractivity contribution in [1.29, 1.82) is 0 Å². The summed E-state index contributed by atoms with van der Waals surface area (Å²) in [6.45, 7) is 3.61. The lowest BCUT2D eigenvalue weighted by Gasteiger charge is -2.38. The molecule has 1 saturated heterocycles. The van der Waals surface area contributed by atoms with Gasteiger partial charge in [-0.3, -0.25) is 4.90 Å². The number of benzene rings is 1. The molecule has 1 saturated carbocycles. The van der Waals surface area contributed by atoms with E-state index in [4.69, 9.17) is 14.5 Å². The topological polar surface area (TPSA) is 104 Å². The Bertz CT molecular complexity index is 1580. The van der Waals surface area contributed by atoms with E-state index in [1.807, 2.05) is 6.20 Å². The fourth-order valence-electron chi connectivity index (χ4n) is 5.71. The highest BCUT2D eigenvalue weighted by molar-refractivity contribution is 7.90. The van der Waals surface area contributed by atoms with Gasteiger partial charge < -0.3 is 9.47 Å². The average molecular weight is 567 g/mol. The molecule has 4 aromatic rings. The molecule has 0 amide bonds. The van der Waals surface area contributed by atoms with Crippen LogP contribution in [0, 0.1) is 0 Å². The molecular weight excluding hydrogens is 536 g/mol. The summed E-state index contributed by atoms with van der Waals surface area (Å²) in [6.07, 6.45) is 7.73. The number of fused-ring (bicyclic) bond motifs is 1. The van der Waals surface area contributed by atoms with Gasteiger partial charge in [-0.05, 0) is 55.4 Å². The molecule has 0 radical (unpaired) electrons. The summed E-state index contributed by atoms with van der Waals surface area (Å²) in [5.41, 5.74) is 2.57. The maximum absolute atomic E-state index is 13.6. The molecule has 0 atom stereocenters. The van der Waals surface area contributed by atoms with Crippen molar-refractivity contribution in [2.75, 3.05) is 33.4 Å². The Labute approximate surface area is 231 Å². The molecule has 1 aromatic carbocycles. The molecule has 1 aliphatic heterocycles. The number of thiazole rings is 1. The van der Waals surface area contributed by atoms with Crippen LogP contribution in [0.3, 0.4) is 0 Å². The Morgan fingerprint density at radius 3 is 2.56 bits per heavy atom. The third-order valence-electron chi connectivity index (χ3n) is 7.80.